The van der Waals surface area contributed by atoms with Crippen LogP contribution in [0.4, 0.5) is 5.69 Å². The molecule has 4 rings (SSSR count). The van der Waals surface area contributed by atoms with Crippen molar-refractivity contribution >= 4 is 22.5 Å². The molecular weight excluding hydrogens is 370 g/mol. The summed E-state index contributed by atoms with van der Waals surface area (Å²) in [6.07, 6.45) is 6.49. The van der Waals surface area contributed by atoms with Crippen molar-refractivity contribution in [1.29, 1.82) is 0 Å². The Labute approximate surface area is 179 Å². The summed E-state index contributed by atoms with van der Waals surface area (Å²) in [7, 11) is 0. The predicted molar refractivity (Wildman–Crippen MR) is 127 cm³/mol. The number of aromatic nitrogens is 1. The first kappa shape index (κ1) is 20.3. The molecule has 30 heavy (non-hydrogen) atoms. The van der Waals surface area contributed by atoms with Gasteiger partial charge >= 0.3 is 0 Å². The van der Waals surface area contributed by atoms with Crippen LogP contribution in [0.2, 0.25) is 0 Å². The summed E-state index contributed by atoms with van der Waals surface area (Å²) in [6.45, 7) is 6.01. The number of aryl methyl sites for hydroxylation is 1. The molecule has 1 aromatic heterocycles. The number of anilines is 1. The Morgan fingerprint density at radius 2 is 1.83 bits per heavy atom. The summed E-state index contributed by atoms with van der Waals surface area (Å²) in [5.74, 6) is 0.953. The van der Waals surface area contributed by atoms with Crippen molar-refractivity contribution < 1.29 is 0 Å². The first-order valence-electron chi connectivity index (χ1n) is 11.2. The number of para-hydroxylation sites is 2. The third kappa shape index (κ3) is 5.15. The maximum atomic E-state index is 4.83. The van der Waals surface area contributed by atoms with Crippen molar-refractivity contribution in [2.24, 2.45) is 4.99 Å². The standard InChI is InChI=1S/C25H33N5/c1-2-26-25(27-16-8-9-20-19-28-24-13-7-6-12-23(20)24)29-21-14-17-30(18-15-21)22-10-4-3-5-11-22/h3-7,10-13,19,21,28H,2,8-9,14-18H2,1H3,(H2,26,27,29). The lowest BCUT2D eigenvalue weighted by atomic mass is 10.0. The van der Waals surface area contributed by atoms with E-state index in [0.29, 0.717) is 6.04 Å². The fourth-order valence-electron chi connectivity index (χ4n) is 4.23. The van der Waals surface area contributed by atoms with Gasteiger partial charge < -0.3 is 20.5 Å². The molecule has 2 aromatic carbocycles. The number of guanidine groups is 1. The highest BCUT2D eigenvalue weighted by Gasteiger charge is 2.20. The van der Waals surface area contributed by atoms with Gasteiger partial charge in [-0.15, -0.1) is 0 Å². The molecule has 1 saturated heterocycles. The van der Waals surface area contributed by atoms with Crippen LogP contribution in [0.25, 0.3) is 10.9 Å². The maximum Gasteiger partial charge on any atom is 0.191 e. The molecule has 0 unspecified atom stereocenters. The van der Waals surface area contributed by atoms with Crippen LogP contribution in [0, 0.1) is 0 Å². The predicted octanol–water partition coefficient (Wildman–Crippen LogP) is 4.32. The number of hydrogen-bond donors (Lipinski definition) is 3. The van der Waals surface area contributed by atoms with Crippen molar-refractivity contribution in [3.8, 4) is 0 Å². The molecule has 5 nitrogen and oxygen atoms in total. The molecule has 2 heterocycles. The van der Waals surface area contributed by atoms with Gasteiger partial charge in [0.25, 0.3) is 0 Å². The SMILES string of the molecule is CCNC(=NCCCc1c[nH]c2ccccc12)NC1CCN(c2ccccc2)CC1. The normalized spacial score (nSPS) is 15.5. The van der Waals surface area contributed by atoms with Gasteiger partial charge in [-0.05, 0) is 56.4 Å². The summed E-state index contributed by atoms with van der Waals surface area (Å²) < 4.78 is 0. The summed E-state index contributed by atoms with van der Waals surface area (Å²) in [5.41, 5.74) is 3.92. The Hall–Kier alpha value is -2.95. The summed E-state index contributed by atoms with van der Waals surface area (Å²) in [4.78, 5) is 10.7. The van der Waals surface area contributed by atoms with E-state index in [-0.39, 0.29) is 0 Å². The molecule has 1 fully saturated rings. The van der Waals surface area contributed by atoms with E-state index in [2.05, 4.69) is 88.2 Å². The van der Waals surface area contributed by atoms with Gasteiger partial charge in [0.05, 0.1) is 0 Å². The monoisotopic (exact) mass is 403 g/mol. The van der Waals surface area contributed by atoms with Gasteiger partial charge in [-0.2, -0.15) is 0 Å². The van der Waals surface area contributed by atoms with E-state index in [1.807, 2.05) is 0 Å². The minimum Gasteiger partial charge on any atom is -0.371 e. The lowest BCUT2D eigenvalue weighted by molar-refractivity contribution is 0.461. The van der Waals surface area contributed by atoms with Gasteiger partial charge in [0, 0.05) is 55.0 Å². The summed E-state index contributed by atoms with van der Waals surface area (Å²) >= 11 is 0. The Morgan fingerprint density at radius 3 is 2.63 bits per heavy atom. The number of aromatic amines is 1. The molecule has 0 radical (unpaired) electrons. The Balaban J connectivity index is 1.26. The average Bonchev–Trinajstić information content (AvgIpc) is 3.21. The largest absolute Gasteiger partial charge is 0.371 e. The van der Waals surface area contributed by atoms with Crippen LogP contribution in [0.1, 0.15) is 31.7 Å². The lowest BCUT2D eigenvalue weighted by Crippen LogP contribution is -2.48. The fourth-order valence-corrected chi connectivity index (χ4v) is 4.23. The van der Waals surface area contributed by atoms with Crippen molar-refractivity contribution in [3.63, 3.8) is 0 Å². The number of fused-ring (bicyclic) bond motifs is 1. The number of aliphatic imine (C=N–C) groups is 1. The minimum atomic E-state index is 0.483. The van der Waals surface area contributed by atoms with Crippen LogP contribution in [-0.2, 0) is 6.42 Å². The van der Waals surface area contributed by atoms with Crippen molar-refractivity contribution in [1.82, 2.24) is 15.6 Å². The van der Waals surface area contributed by atoms with Gasteiger partial charge in [0.2, 0.25) is 0 Å². The van der Waals surface area contributed by atoms with E-state index in [1.54, 1.807) is 0 Å². The Bertz CT molecular complexity index is 938. The van der Waals surface area contributed by atoms with E-state index in [9.17, 15) is 0 Å². The lowest BCUT2D eigenvalue weighted by Gasteiger charge is -2.34. The number of H-pyrrole nitrogens is 1. The van der Waals surface area contributed by atoms with Gasteiger partial charge in [-0.1, -0.05) is 36.4 Å². The smallest absolute Gasteiger partial charge is 0.191 e. The number of hydrogen-bond acceptors (Lipinski definition) is 2. The van der Waals surface area contributed by atoms with Crippen molar-refractivity contribution in [3.05, 3.63) is 66.4 Å². The number of nitrogens with zero attached hydrogens (tertiary/aromatic N) is 2. The third-order valence-corrected chi connectivity index (χ3v) is 5.85. The molecule has 5 heteroatoms. The van der Waals surface area contributed by atoms with Crippen LogP contribution in [0.5, 0.6) is 0 Å². The topological polar surface area (TPSA) is 55.5 Å². The van der Waals surface area contributed by atoms with Crippen LogP contribution < -0.4 is 15.5 Å². The number of benzene rings is 2. The molecule has 3 aromatic rings. The molecule has 0 spiro atoms. The third-order valence-electron chi connectivity index (χ3n) is 5.85. The number of nitrogens with one attached hydrogen (secondary N) is 3. The minimum absolute atomic E-state index is 0.483. The first-order valence-corrected chi connectivity index (χ1v) is 11.2. The zero-order valence-electron chi connectivity index (χ0n) is 17.9. The quantitative estimate of drug-likeness (QED) is 0.313. The van der Waals surface area contributed by atoms with Gasteiger partial charge in [0.1, 0.15) is 0 Å². The average molecular weight is 404 g/mol. The summed E-state index contributed by atoms with van der Waals surface area (Å²) in [6, 6.07) is 19.7. The highest BCUT2D eigenvalue weighted by atomic mass is 15.2. The van der Waals surface area contributed by atoms with Gasteiger partial charge in [-0.3, -0.25) is 4.99 Å². The zero-order valence-corrected chi connectivity index (χ0v) is 17.9. The van der Waals surface area contributed by atoms with Gasteiger partial charge in [-0.25, -0.2) is 0 Å². The van der Waals surface area contributed by atoms with Crippen LogP contribution >= 0.6 is 0 Å². The molecule has 3 N–H and O–H groups in total. The second-order valence-electron chi connectivity index (χ2n) is 7.96. The number of piperidine rings is 1. The van der Waals surface area contributed by atoms with Gasteiger partial charge in [0.15, 0.2) is 5.96 Å². The van der Waals surface area contributed by atoms with Crippen LogP contribution in [-0.4, -0.2) is 43.2 Å². The fraction of sp³-hybridized carbons (Fsp3) is 0.400. The maximum absolute atomic E-state index is 4.83. The van der Waals surface area contributed by atoms with Crippen LogP contribution in [0.3, 0.4) is 0 Å². The zero-order chi connectivity index (χ0) is 20.6. The molecule has 1 aliphatic heterocycles. The molecule has 0 atom stereocenters. The van der Waals surface area contributed by atoms with E-state index in [1.165, 1.54) is 22.2 Å². The second kappa shape index (κ2) is 10.2. The van der Waals surface area contributed by atoms with Crippen molar-refractivity contribution in [2.75, 3.05) is 31.1 Å². The summed E-state index contributed by atoms with van der Waals surface area (Å²) in [5, 5.41) is 8.40. The Kier molecular flexibility index (Phi) is 6.91. The second-order valence-corrected chi connectivity index (χ2v) is 7.96. The highest BCUT2D eigenvalue weighted by Crippen LogP contribution is 2.20. The van der Waals surface area contributed by atoms with E-state index < -0.39 is 0 Å². The van der Waals surface area contributed by atoms with E-state index >= 15 is 0 Å². The molecular formula is C25H33N5. The van der Waals surface area contributed by atoms with E-state index in [0.717, 1.165) is 57.8 Å². The molecule has 0 amide bonds. The first-order chi connectivity index (χ1) is 14.8. The molecule has 0 saturated carbocycles. The van der Waals surface area contributed by atoms with Crippen LogP contribution in [0.15, 0.2) is 65.8 Å². The molecule has 158 valence electrons. The molecule has 1 aliphatic rings. The molecule has 0 bridgehead atoms. The highest BCUT2D eigenvalue weighted by molar-refractivity contribution is 5.83. The molecule has 0 aliphatic carbocycles. The number of rotatable bonds is 7. The Morgan fingerprint density at radius 1 is 1.07 bits per heavy atom. The van der Waals surface area contributed by atoms with E-state index in [4.69, 9.17) is 4.99 Å². The van der Waals surface area contributed by atoms with Crippen molar-refractivity contribution in [2.45, 2.75) is 38.6 Å².